The van der Waals surface area contributed by atoms with E-state index >= 15 is 0 Å². The fraction of sp³-hybridized carbons (Fsp3) is 0.333. The lowest BCUT2D eigenvalue weighted by Gasteiger charge is -2.16. The first-order chi connectivity index (χ1) is 6.51. The molecule has 1 aromatic rings. The Bertz CT molecular complexity index is 331. The Labute approximate surface area is 89.2 Å². The summed E-state index contributed by atoms with van der Waals surface area (Å²) in [5.74, 6) is -2.49. The van der Waals surface area contributed by atoms with E-state index in [1.165, 1.54) is 25.3 Å². The number of methoxy groups -OCH3 is 1. The average molecular weight is 266 g/mol. The molecule has 14 heavy (non-hydrogen) atoms. The number of benzene rings is 1. The van der Waals surface area contributed by atoms with Gasteiger partial charge in [-0.3, -0.25) is 0 Å². The van der Waals surface area contributed by atoms with E-state index in [9.17, 15) is 8.78 Å². The molecule has 2 N–H and O–H groups in total. The summed E-state index contributed by atoms with van der Waals surface area (Å²) in [6, 6.07) is 4.26. The molecule has 0 bridgehead atoms. The van der Waals surface area contributed by atoms with Crippen LogP contribution in [0, 0.1) is 0 Å². The van der Waals surface area contributed by atoms with Gasteiger partial charge >= 0.3 is 0 Å². The Balaban J connectivity index is 3.12. The lowest BCUT2D eigenvalue weighted by Crippen LogP contribution is -2.25. The lowest BCUT2D eigenvalue weighted by molar-refractivity contribution is 0.00517. The Morgan fingerprint density at radius 2 is 2.14 bits per heavy atom. The van der Waals surface area contributed by atoms with E-state index in [-0.39, 0.29) is 5.56 Å². The number of ether oxygens (including phenoxy) is 1. The van der Waals surface area contributed by atoms with Crippen LogP contribution in [-0.4, -0.2) is 13.7 Å². The van der Waals surface area contributed by atoms with E-state index in [0.29, 0.717) is 10.2 Å². The van der Waals surface area contributed by atoms with Crippen molar-refractivity contribution in [2.24, 2.45) is 5.73 Å². The SMILES string of the molecule is COc1ccc(C(F)(F)CN)c(Br)c1. The van der Waals surface area contributed by atoms with Crippen molar-refractivity contribution in [3.8, 4) is 5.75 Å². The molecule has 2 nitrogen and oxygen atoms in total. The molecule has 0 fully saturated rings. The van der Waals surface area contributed by atoms with E-state index in [2.05, 4.69) is 15.9 Å². The Kier molecular flexibility index (Phi) is 3.44. The van der Waals surface area contributed by atoms with E-state index < -0.39 is 12.5 Å². The minimum Gasteiger partial charge on any atom is -0.497 e. The second-order valence-corrected chi connectivity index (χ2v) is 3.61. The van der Waals surface area contributed by atoms with Gasteiger partial charge in [0.05, 0.1) is 13.7 Å². The maximum Gasteiger partial charge on any atom is 0.286 e. The predicted octanol–water partition coefficient (Wildman–Crippen LogP) is 2.51. The highest BCUT2D eigenvalue weighted by molar-refractivity contribution is 9.10. The molecule has 0 heterocycles. The normalized spacial score (nSPS) is 11.5. The number of nitrogens with two attached hydrogens (primary N) is 1. The molecule has 0 atom stereocenters. The Morgan fingerprint density at radius 3 is 2.57 bits per heavy atom. The molecular formula is C9H10BrF2NO. The molecule has 0 saturated heterocycles. The van der Waals surface area contributed by atoms with Crippen LogP contribution >= 0.6 is 15.9 Å². The number of hydrogen-bond donors (Lipinski definition) is 1. The van der Waals surface area contributed by atoms with E-state index in [4.69, 9.17) is 10.5 Å². The standard InChI is InChI=1S/C9H10BrF2NO/c1-14-6-2-3-7(8(10)4-6)9(11,12)5-13/h2-4H,5,13H2,1H3. The van der Waals surface area contributed by atoms with Crippen LogP contribution in [0.25, 0.3) is 0 Å². The fourth-order valence-corrected chi connectivity index (χ4v) is 1.68. The zero-order valence-electron chi connectivity index (χ0n) is 7.56. The van der Waals surface area contributed by atoms with Crippen molar-refractivity contribution < 1.29 is 13.5 Å². The van der Waals surface area contributed by atoms with Crippen LogP contribution in [0.4, 0.5) is 8.78 Å². The molecule has 0 radical (unpaired) electrons. The van der Waals surface area contributed by atoms with E-state index in [1.54, 1.807) is 0 Å². The fourth-order valence-electron chi connectivity index (χ4n) is 1.03. The quantitative estimate of drug-likeness (QED) is 0.912. The van der Waals surface area contributed by atoms with Crippen molar-refractivity contribution in [3.05, 3.63) is 28.2 Å². The van der Waals surface area contributed by atoms with Gasteiger partial charge < -0.3 is 10.5 Å². The highest BCUT2D eigenvalue weighted by Crippen LogP contribution is 2.34. The topological polar surface area (TPSA) is 35.2 Å². The van der Waals surface area contributed by atoms with Crippen molar-refractivity contribution >= 4 is 15.9 Å². The predicted molar refractivity (Wildman–Crippen MR) is 53.6 cm³/mol. The van der Waals surface area contributed by atoms with Gasteiger partial charge in [0.25, 0.3) is 5.92 Å². The number of hydrogen-bond acceptors (Lipinski definition) is 2. The molecule has 0 aliphatic rings. The third kappa shape index (κ3) is 2.22. The molecule has 0 spiro atoms. The zero-order valence-corrected chi connectivity index (χ0v) is 9.14. The van der Waals surface area contributed by atoms with Gasteiger partial charge in [-0.15, -0.1) is 0 Å². The first kappa shape index (κ1) is 11.4. The minimum absolute atomic E-state index is 0.124. The van der Waals surface area contributed by atoms with Crippen LogP contribution in [0.1, 0.15) is 5.56 Å². The Morgan fingerprint density at radius 1 is 1.50 bits per heavy atom. The summed E-state index contributed by atoms with van der Waals surface area (Å²) >= 11 is 3.05. The monoisotopic (exact) mass is 265 g/mol. The molecule has 0 aromatic heterocycles. The summed E-state index contributed by atoms with van der Waals surface area (Å²) in [6.45, 7) is -0.710. The van der Waals surface area contributed by atoms with E-state index in [1.807, 2.05) is 0 Å². The maximum atomic E-state index is 13.2. The van der Waals surface area contributed by atoms with Crippen molar-refractivity contribution in [2.45, 2.75) is 5.92 Å². The zero-order chi connectivity index (χ0) is 10.8. The summed E-state index contributed by atoms with van der Waals surface area (Å²) in [5.41, 5.74) is 4.85. The van der Waals surface area contributed by atoms with Gasteiger partial charge in [0.1, 0.15) is 5.75 Å². The average Bonchev–Trinajstić information content (AvgIpc) is 2.17. The van der Waals surface area contributed by atoms with Crippen molar-refractivity contribution in [3.63, 3.8) is 0 Å². The first-order valence-electron chi connectivity index (χ1n) is 3.93. The second kappa shape index (κ2) is 4.23. The summed E-state index contributed by atoms with van der Waals surface area (Å²) in [5, 5.41) is 0. The molecule has 5 heteroatoms. The first-order valence-corrected chi connectivity index (χ1v) is 4.72. The van der Waals surface area contributed by atoms with Gasteiger partial charge in [-0.1, -0.05) is 15.9 Å². The summed E-state index contributed by atoms with van der Waals surface area (Å²) in [6.07, 6.45) is 0. The van der Waals surface area contributed by atoms with Gasteiger partial charge in [-0.25, -0.2) is 0 Å². The van der Waals surface area contributed by atoms with Gasteiger partial charge in [0.15, 0.2) is 0 Å². The highest BCUT2D eigenvalue weighted by atomic mass is 79.9. The van der Waals surface area contributed by atoms with Crippen molar-refractivity contribution in [1.82, 2.24) is 0 Å². The van der Waals surface area contributed by atoms with Crippen LogP contribution < -0.4 is 10.5 Å². The third-order valence-electron chi connectivity index (χ3n) is 1.83. The van der Waals surface area contributed by atoms with Crippen LogP contribution in [0.15, 0.2) is 22.7 Å². The smallest absolute Gasteiger partial charge is 0.286 e. The molecule has 0 saturated carbocycles. The molecule has 1 rings (SSSR count). The molecule has 0 amide bonds. The van der Waals surface area contributed by atoms with Crippen molar-refractivity contribution in [2.75, 3.05) is 13.7 Å². The molecule has 1 aromatic carbocycles. The molecule has 0 aliphatic heterocycles. The molecule has 0 aliphatic carbocycles. The number of alkyl halides is 2. The summed E-state index contributed by atoms with van der Waals surface area (Å²) in [7, 11) is 1.47. The van der Waals surface area contributed by atoms with Gasteiger partial charge in [0, 0.05) is 10.0 Å². The Hall–Kier alpha value is -0.680. The van der Waals surface area contributed by atoms with Crippen LogP contribution in [0.3, 0.4) is 0 Å². The van der Waals surface area contributed by atoms with Crippen molar-refractivity contribution in [1.29, 1.82) is 0 Å². The largest absolute Gasteiger partial charge is 0.497 e. The van der Waals surface area contributed by atoms with Crippen LogP contribution in [0.5, 0.6) is 5.75 Å². The summed E-state index contributed by atoms with van der Waals surface area (Å²) < 4.78 is 31.6. The number of halogens is 3. The maximum absolute atomic E-state index is 13.2. The number of rotatable bonds is 3. The van der Waals surface area contributed by atoms with Gasteiger partial charge in [0.2, 0.25) is 0 Å². The summed E-state index contributed by atoms with van der Waals surface area (Å²) in [4.78, 5) is 0. The minimum atomic E-state index is -3.01. The highest BCUT2D eigenvalue weighted by Gasteiger charge is 2.31. The van der Waals surface area contributed by atoms with E-state index in [0.717, 1.165) is 0 Å². The lowest BCUT2D eigenvalue weighted by atomic mass is 10.1. The molecular weight excluding hydrogens is 256 g/mol. The van der Waals surface area contributed by atoms with Gasteiger partial charge in [-0.05, 0) is 18.2 Å². The second-order valence-electron chi connectivity index (χ2n) is 2.75. The third-order valence-corrected chi connectivity index (χ3v) is 2.48. The molecule has 0 unspecified atom stereocenters. The molecule has 78 valence electrons. The van der Waals surface area contributed by atoms with Crippen LogP contribution in [-0.2, 0) is 5.92 Å². The van der Waals surface area contributed by atoms with Gasteiger partial charge in [-0.2, -0.15) is 8.78 Å². The van der Waals surface area contributed by atoms with Crippen LogP contribution in [0.2, 0.25) is 0 Å².